The van der Waals surface area contributed by atoms with E-state index in [9.17, 15) is 4.79 Å². The average molecular weight is 245 g/mol. The molecule has 0 aliphatic rings. The molecule has 0 N–H and O–H groups in total. The third-order valence-electron chi connectivity index (χ3n) is 2.79. The molecule has 0 spiro atoms. The number of benzene rings is 1. The third kappa shape index (κ3) is 2.27. The van der Waals surface area contributed by atoms with Gasteiger partial charge in [-0.1, -0.05) is 32.6 Å². The number of carbonyl (C=O) groups is 1. The molecule has 1 aromatic carbocycles. The highest BCUT2D eigenvalue weighted by atomic mass is 31.0. The summed E-state index contributed by atoms with van der Waals surface area (Å²) in [6, 6.07) is 6.05. The summed E-state index contributed by atoms with van der Waals surface area (Å²) >= 11 is 0. The molecule has 0 radical (unpaired) electrons. The smallest absolute Gasteiger partial charge is 0.160 e. The monoisotopic (exact) mass is 245 g/mol. The van der Waals surface area contributed by atoms with E-state index in [0.29, 0.717) is 8.35 Å². The minimum atomic E-state index is 0.0986. The molecule has 0 saturated carbocycles. The van der Waals surface area contributed by atoms with E-state index in [1.54, 1.807) is 6.92 Å². The molecule has 0 amide bonds. The molecule has 1 heterocycles. The van der Waals surface area contributed by atoms with Gasteiger partial charge in [-0.25, -0.2) is 0 Å². The molecule has 0 aliphatic carbocycles. The van der Waals surface area contributed by atoms with Crippen molar-refractivity contribution in [2.24, 2.45) is 7.05 Å². The maximum atomic E-state index is 11.6. The molecule has 88 valence electrons. The van der Waals surface area contributed by atoms with Gasteiger partial charge in [0.1, 0.15) is 0 Å². The number of aryl methyl sites for hydroxylation is 1. The molecule has 0 saturated heterocycles. The minimum Gasteiger partial charge on any atom is -0.342 e. The lowest BCUT2D eigenvalue weighted by molar-refractivity contribution is 0.101. The first-order chi connectivity index (χ1) is 7.99. The Hall–Kier alpha value is -1.53. The van der Waals surface area contributed by atoms with Gasteiger partial charge in [0.25, 0.3) is 0 Å². The van der Waals surface area contributed by atoms with Crippen molar-refractivity contribution in [2.75, 3.05) is 0 Å². The van der Waals surface area contributed by atoms with Crippen molar-refractivity contribution in [1.29, 1.82) is 0 Å². The first-order valence-electron chi connectivity index (χ1n) is 5.51. The SMILES string of the molecule is C=C(C)c1ccc(-c2cn(C)[pH]2)cc1C(C)=O. The van der Waals surface area contributed by atoms with E-state index in [2.05, 4.69) is 30.2 Å². The van der Waals surface area contributed by atoms with Gasteiger partial charge in [0.05, 0.1) is 0 Å². The van der Waals surface area contributed by atoms with Crippen molar-refractivity contribution < 1.29 is 4.79 Å². The van der Waals surface area contributed by atoms with Crippen LogP contribution in [0.3, 0.4) is 0 Å². The van der Waals surface area contributed by atoms with Gasteiger partial charge < -0.3 is 4.33 Å². The molecule has 17 heavy (non-hydrogen) atoms. The Labute approximate surface area is 103 Å². The van der Waals surface area contributed by atoms with Crippen molar-refractivity contribution in [3.63, 3.8) is 0 Å². The van der Waals surface area contributed by atoms with E-state index in [1.807, 2.05) is 19.1 Å². The zero-order valence-corrected chi connectivity index (χ0v) is 11.4. The van der Waals surface area contributed by atoms with Crippen molar-refractivity contribution >= 4 is 19.7 Å². The molecule has 0 aliphatic heterocycles. The summed E-state index contributed by atoms with van der Waals surface area (Å²) in [6.07, 6.45) is 2.11. The maximum absolute atomic E-state index is 11.6. The number of hydrogen-bond donors (Lipinski definition) is 0. The topological polar surface area (TPSA) is 22.0 Å². The van der Waals surface area contributed by atoms with E-state index < -0.39 is 0 Å². The second-order valence-electron chi connectivity index (χ2n) is 4.36. The highest BCUT2D eigenvalue weighted by Crippen LogP contribution is 2.33. The lowest BCUT2D eigenvalue weighted by Crippen LogP contribution is -1.99. The van der Waals surface area contributed by atoms with Crippen LogP contribution in [0.15, 0.2) is 31.0 Å². The fourth-order valence-corrected chi connectivity index (χ4v) is 2.81. The van der Waals surface area contributed by atoms with Gasteiger partial charge in [0.15, 0.2) is 5.78 Å². The Morgan fingerprint density at radius 2 is 1.94 bits per heavy atom. The summed E-state index contributed by atoms with van der Waals surface area (Å²) in [7, 11) is 2.76. The Morgan fingerprint density at radius 3 is 2.41 bits per heavy atom. The summed E-state index contributed by atoms with van der Waals surface area (Å²) in [5.41, 5.74) is 3.81. The maximum Gasteiger partial charge on any atom is 0.160 e. The first-order valence-corrected chi connectivity index (χ1v) is 6.46. The van der Waals surface area contributed by atoms with Gasteiger partial charge >= 0.3 is 0 Å². The Morgan fingerprint density at radius 1 is 1.29 bits per heavy atom. The molecule has 0 bridgehead atoms. The summed E-state index contributed by atoms with van der Waals surface area (Å²) in [5.74, 6) is 0.0986. The molecule has 1 unspecified atom stereocenters. The summed E-state index contributed by atoms with van der Waals surface area (Å²) in [5, 5.41) is 1.31. The van der Waals surface area contributed by atoms with Crippen LogP contribution in [0.25, 0.3) is 16.4 Å². The number of allylic oxidation sites excluding steroid dienone is 1. The Balaban J connectivity index is 2.51. The van der Waals surface area contributed by atoms with E-state index in [4.69, 9.17) is 0 Å². The second kappa shape index (κ2) is 4.38. The van der Waals surface area contributed by atoms with Crippen molar-refractivity contribution in [3.05, 3.63) is 42.1 Å². The Bertz CT molecular complexity index is 577. The molecule has 3 heteroatoms. The fourth-order valence-electron chi connectivity index (χ4n) is 1.89. The Kier molecular flexibility index (Phi) is 3.08. The van der Waals surface area contributed by atoms with E-state index >= 15 is 0 Å². The molecule has 0 fully saturated rings. The standard InChI is InChI=1S/C14H16NOP/c1-9(2)12-6-5-11(7-13(12)10(3)16)14-8-15(4)17-14/h5-8,17H,1H2,2-4H3. The number of Topliss-reactive ketones (excluding diaryl/α,β-unsaturated/α-hetero) is 1. The van der Waals surface area contributed by atoms with Gasteiger partial charge in [-0.2, -0.15) is 0 Å². The summed E-state index contributed by atoms with van der Waals surface area (Å²) < 4.78 is 2.15. The predicted octanol–water partition coefficient (Wildman–Crippen LogP) is 3.96. The normalized spacial score (nSPS) is 11.0. The number of hydrogen-bond acceptors (Lipinski definition) is 1. The zero-order valence-electron chi connectivity index (χ0n) is 10.4. The highest BCUT2D eigenvalue weighted by Gasteiger charge is 2.11. The van der Waals surface area contributed by atoms with E-state index in [1.165, 1.54) is 5.30 Å². The van der Waals surface area contributed by atoms with Crippen molar-refractivity contribution in [1.82, 2.24) is 4.33 Å². The van der Waals surface area contributed by atoms with Gasteiger partial charge in [0, 0.05) is 24.1 Å². The van der Waals surface area contributed by atoms with Gasteiger partial charge in [-0.15, -0.1) is 0 Å². The average Bonchev–Trinajstić information content (AvgIpc) is 2.23. The van der Waals surface area contributed by atoms with Crippen LogP contribution >= 0.6 is 8.35 Å². The number of rotatable bonds is 3. The van der Waals surface area contributed by atoms with Crippen LogP contribution < -0.4 is 0 Å². The molecular weight excluding hydrogens is 229 g/mol. The van der Waals surface area contributed by atoms with Gasteiger partial charge in [-0.05, 0) is 31.0 Å². The molecule has 1 atom stereocenters. The number of ketones is 1. The quantitative estimate of drug-likeness (QED) is 0.750. The molecule has 2 nitrogen and oxygen atoms in total. The fraction of sp³-hybridized carbons (Fsp3) is 0.214. The van der Waals surface area contributed by atoms with Crippen molar-refractivity contribution in [3.8, 4) is 10.9 Å². The number of carbonyl (C=O) groups excluding carboxylic acids is 1. The first kappa shape index (κ1) is 11.9. The number of aromatic nitrogens is 1. The molecule has 2 aromatic rings. The third-order valence-corrected chi connectivity index (χ3v) is 3.93. The van der Waals surface area contributed by atoms with E-state index in [-0.39, 0.29) is 5.78 Å². The highest BCUT2D eigenvalue weighted by molar-refractivity contribution is 7.31. The van der Waals surface area contributed by atoms with Crippen LogP contribution in [0.2, 0.25) is 0 Å². The van der Waals surface area contributed by atoms with Crippen LogP contribution in [-0.2, 0) is 7.05 Å². The summed E-state index contributed by atoms with van der Waals surface area (Å²) in [6.45, 7) is 7.45. The van der Waals surface area contributed by atoms with Crippen LogP contribution in [0.4, 0.5) is 0 Å². The summed E-state index contributed by atoms with van der Waals surface area (Å²) in [4.78, 5) is 11.6. The second-order valence-corrected chi connectivity index (χ2v) is 5.83. The lowest BCUT2D eigenvalue weighted by Gasteiger charge is -2.13. The van der Waals surface area contributed by atoms with Crippen LogP contribution in [0.5, 0.6) is 0 Å². The lowest BCUT2D eigenvalue weighted by atomic mass is 9.96. The van der Waals surface area contributed by atoms with Gasteiger partial charge in [-0.3, -0.25) is 4.79 Å². The molecule has 1 aromatic heterocycles. The zero-order chi connectivity index (χ0) is 12.6. The predicted molar refractivity (Wildman–Crippen MR) is 75.1 cm³/mol. The van der Waals surface area contributed by atoms with Crippen LogP contribution in [0, 0.1) is 0 Å². The largest absolute Gasteiger partial charge is 0.342 e. The molecule has 2 rings (SSSR count). The van der Waals surface area contributed by atoms with Crippen LogP contribution in [0.1, 0.15) is 29.8 Å². The van der Waals surface area contributed by atoms with Crippen molar-refractivity contribution in [2.45, 2.75) is 13.8 Å². The van der Waals surface area contributed by atoms with Gasteiger partial charge in [0.2, 0.25) is 0 Å². The molecular formula is C14H16NOP. The van der Waals surface area contributed by atoms with Crippen LogP contribution in [-0.4, -0.2) is 10.1 Å². The minimum absolute atomic E-state index is 0.0986. The van der Waals surface area contributed by atoms with E-state index in [0.717, 1.165) is 22.3 Å². The number of nitrogens with zero attached hydrogens (tertiary/aromatic N) is 1.